The molecule has 8 rings (SSSR count). The second-order valence-electron chi connectivity index (χ2n) is 12.3. The molecule has 9 heteroatoms. The van der Waals surface area contributed by atoms with Crippen molar-refractivity contribution in [2.24, 2.45) is 10.9 Å². The van der Waals surface area contributed by atoms with Crippen molar-refractivity contribution in [3.05, 3.63) is 95.7 Å². The lowest BCUT2D eigenvalue weighted by molar-refractivity contribution is -0.134. The van der Waals surface area contributed by atoms with E-state index in [0.29, 0.717) is 25.8 Å². The Kier molecular flexibility index (Phi) is 6.18. The van der Waals surface area contributed by atoms with Crippen LogP contribution in [0.2, 0.25) is 0 Å². The summed E-state index contributed by atoms with van der Waals surface area (Å²) in [4.78, 5) is 25.3. The fourth-order valence-corrected chi connectivity index (χ4v) is 7.65. The van der Waals surface area contributed by atoms with Crippen LogP contribution in [0.4, 0.5) is 10.1 Å². The Bertz CT molecular complexity index is 1760. The van der Waals surface area contributed by atoms with Crippen LogP contribution in [0.15, 0.2) is 78.1 Å². The minimum absolute atomic E-state index is 0.147. The first-order chi connectivity index (χ1) is 21.0. The van der Waals surface area contributed by atoms with Gasteiger partial charge in [-0.15, -0.1) is 5.10 Å². The number of nitrogens with zero attached hydrogens (tertiary/aromatic N) is 7. The quantitative estimate of drug-likeness (QED) is 0.321. The topological polar surface area (TPSA) is 69.9 Å². The van der Waals surface area contributed by atoms with E-state index in [4.69, 9.17) is 0 Å². The molecule has 43 heavy (non-hydrogen) atoms. The van der Waals surface area contributed by atoms with Gasteiger partial charge in [0.25, 0.3) is 0 Å². The number of hydrogen-bond acceptors (Lipinski definition) is 6. The molecular weight excluding hydrogens is 541 g/mol. The predicted molar refractivity (Wildman–Crippen MR) is 165 cm³/mol. The summed E-state index contributed by atoms with van der Waals surface area (Å²) in [5, 5.41) is 11.4. The Morgan fingerprint density at radius 2 is 1.79 bits per heavy atom. The van der Waals surface area contributed by atoms with Gasteiger partial charge in [0.1, 0.15) is 17.1 Å². The predicted octanol–water partition coefficient (Wildman–Crippen LogP) is 5.07. The molecular formula is C34H34FN7O. The van der Waals surface area contributed by atoms with E-state index in [1.807, 2.05) is 28.2 Å². The summed E-state index contributed by atoms with van der Waals surface area (Å²) in [5.41, 5.74) is 4.92. The van der Waals surface area contributed by atoms with Crippen LogP contribution in [-0.4, -0.2) is 68.8 Å². The molecule has 0 saturated carbocycles. The molecule has 218 valence electrons. The van der Waals surface area contributed by atoms with E-state index < -0.39 is 5.54 Å². The highest BCUT2D eigenvalue weighted by molar-refractivity contribution is 5.94. The molecule has 3 aliphatic heterocycles. The Morgan fingerprint density at radius 1 is 1.00 bits per heavy atom. The van der Waals surface area contributed by atoms with Crippen LogP contribution in [0.25, 0.3) is 16.3 Å². The zero-order valence-electron chi connectivity index (χ0n) is 24.2. The van der Waals surface area contributed by atoms with E-state index in [-0.39, 0.29) is 17.6 Å². The van der Waals surface area contributed by atoms with E-state index in [2.05, 4.69) is 68.4 Å². The number of halogens is 1. The summed E-state index contributed by atoms with van der Waals surface area (Å²) in [6.07, 6.45) is 8.13. The number of allylic oxidation sites excluding steroid dienone is 1. The average molecular weight is 576 g/mol. The standard InChI is InChI=1S/C34H34FN7O/c1-23-19-36-20-29(23)30-21-41(38-37-30)17-16-40-22-42(27-10-8-26(35)9-11-27)34(33(40)43)12-14-39(15-13-34)31-18-25-6-2-4-24-5-3-7-28(31)32(24)25/h2-11,19-21,23,31H,12-18,22H2,1H3. The molecule has 0 radical (unpaired) electrons. The number of anilines is 1. The van der Waals surface area contributed by atoms with Gasteiger partial charge in [-0.2, -0.15) is 0 Å². The molecule has 0 bridgehead atoms. The highest BCUT2D eigenvalue weighted by Gasteiger charge is 2.54. The van der Waals surface area contributed by atoms with Gasteiger partial charge in [0.2, 0.25) is 5.91 Å². The van der Waals surface area contributed by atoms with Crippen LogP contribution >= 0.6 is 0 Å². The van der Waals surface area contributed by atoms with Crippen LogP contribution in [0.1, 0.15) is 42.6 Å². The van der Waals surface area contributed by atoms with Crippen molar-refractivity contribution < 1.29 is 9.18 Å². The second kappa shape index (κ2) is 10.1. The maximum Gasteiger partial charge on any atom is 0.250 e. The van der Waals surface area contributed by atoms with Crippen molar-refractivity contribution in [3.63, 3.8) is 0 Å². The summed E-state index contributed by atoms with van der Waals surface area (Å²) in [6, 6.07) is 20.1. The molecule has 2 unspecified atom stereocenters. The number of rotatable bonds is 6. The first kappa shape index (κ1) is 26.3. The van der Waals surface area contributed by atoms with Crippen molar-refractivity contribution in [3.8, 4) is 0 Å². The monoisotopic (exact) mass is 575 g/mol. The lowest BCUT2D eigenvalue weighted by atomic mass is 9.84. The minimum atomic E-state index is -0.652. The van der Waals surface area contributed by atoms with Crippen LogP contribution in [0.3, 0.4) is 0 Å². The van der Waals surface area contributed by atoms with Gasteiger partial charge in [-0.1, -0.05) is 48.5 Å². The Morgan fingerprint density at radius 3 is 2.56 bits per heavy atom. The number of likely N-dealkylation sites (tertiary alicyclic amines) is 1. The molecule has 1 aliphatic carbocycles. The van der Waals surface area contributed by atoms with Crippen LogP contribution < -0.4 is 4.90 Å². The van der Waals surface area contributed by atoms with E-state index in [0.717, 1.165) is 49.3 Å². The number of hydrogen-bond donors (Lipinski definition) is 0. The molecule has 1 aromatic heterocycles. The third-order valence-corrected chi connectivity index (χ3v) is 9.96. The zero-order valence-corrected chi connectivity index (χ0v) is 24.2. The summed E-state index contributed by atoms with van der Waals surface area (Å²) in [6.45, 7) is 5.28. The van der Waals surface area contributed by atoms with Gasteiger partial charge in [-0.25, -0.2) is 4.39 Å². The van der Waals surface area contributed by atoms with Gasteiger partial charge in [0.05, 0.1) is 19.4 Å². The van der Waals surface area contributed by atoms with Crippen LogP contribution in [0.5, 0.6) is 0 Å². The first-order valence-electron chi connectivity index (χ1n) is 15.2. The summed E-state index contributed by atoms with van der Waals surface area (Å²) >= 11 is 0. The van der Waals surface area contributed by atoms with Crippen molar-refractivity contribution in [1.82, 2.24) is 24.8 Å². The Hall–Kier alpha value is -4.37. The number of aliphatic imine (C=N–C) groups is 1. The third kappa shape index (κ3) is 4.28. The largest absolute Gasteiger partial charge is 0.339 e. The molecule has 2 fully saturated rings. The second-order valence-corrected chi connectivity index (χ2v) is 12.3. The van der Waals surface area contributed by atoms with E-state index in [1.165, 1.54) is 34.0 Å². The highest BCUT2D eigenvalue weighted by atomic mass is 19.1. The van der Waals surface area contributed by atoms with Crippen LogP contribution in [-0.2, 0) is 17.8 Å². The summed E-state index contributed by atoms with van der Waals surface area (Å²) < 4.78 is 15.7. The number of piperidine rings is 1. The normalized spacial score (nSPS) is 22.8. The number of carbonyl (C=O) groups excluding carboxylic acids is 1. The Balaban J connectivity index is 1.02. The van der Waals surface area contributed by atoms with Gasteiger partial charge in [0.15, 0.2) is 0 Å². The minimum Gasteiger partial charge on any atom is -0.339 e. The molecule has 2 saturated heterocycles. The smallest absolute Gasteiger partial charge is 0.250 e. The fourth-order valence-electron chi connectivity index (χ4n) is 7.65. The molecule has 1 spiro atoms. The molecule has 1 amide bonds. The maximum absolute atomic E-state index is 14.3. The van der Waals surface area contributed by atoms with Gasteiger partial charge in [0, 0.05) is 55.3 Å². The third-order valence-electron chi connectivity index (χ3n) is 9.96. The van der Waals surface area contributed by atoms with Crippen molar-refractivity contribution in [1.29, 1.82) is 0 Å². The number of amides is 1. The Labute approximate surface area is 250 Å². The molecule has 2 atom stereocenters. The van der Waals surface area contributed by atoms with E-state index >= 15 is 0 Å². The molecule has 8 nitrogen and oxygen atoms in total. The maximum atomic E-state index is 14.3. The van der Waals surface area contributed by atoms with Gasteiger partial charge < -0.3 is 9.80 Å². The molecule has 4 aliphatic rings. The molecule has 0 N–H and O–H groups in total. The molecule has 3 aromatic carbocycles. The first-order valence-corrected chi connectivity index (χ1v) is 15.2. The van der Waals surface area contributed by atoms with Gasteiger partial charge in [-0.3, -0.25) is 19.4 Å². The van der Waals surface area contributed by atoms with Crippen LogP contribution in [0, 0.1) is 11.7 Å². The number of carbonyl (C=O) groups is 1. The summed E-state index contributed by atoms with van der Waals surface area (Å²) in [7, 11) is 0. The van der Waals surface area contributed by atoms with Crippen molar-refractivity contribution >= 4 is 34.2 Å². The van der Waals surface area contributed by atoms with Gasteiger partial charge >= 0.3 is 0 Å². The highest BCUT2D eigenvalue weighted by Crippen LogP contribution is 2.45. The van der Waals surface area contributed by atoms with E-state index in [1.54, 1.807) is 12.1 Å². The fraction of sp³-hybridized carbons (Fsp3) is 0.353. The number of aromatic nitrogens is 3. The lowest BCUT2D eigenvalue weighted by Gasteiger charge is -2.45. The van der Waals surface area contributed by atoms with Crippen molar-refractivity contribution in [2.75, 3.05) is 31.2 Å². The number of benzene rings is 3. The van der Waals surface area contributed by atoms with Crippen molar-refractivity contribution in [2.45, 2.75) is 44.3 Å². The SMILES string of the molecule is CC1C=NC=C1c1cn(CCN2CN(c3ccc(F)cc3)C3(CCN(C4Cc5cccc6cccc4c56)CC3)C2=O)nn1. The summed E-state index contributed by atoms with van der Waals surface area (Å²) in [5.74, 6) is 0.0878. The lowest BCUT2D eigenvalue weighted by Crippen LogP contribution is -2.57. The molecule has 4 aromatic rings. The average Bonchev–Trinajstić information content (AvgIpc) is 3.81. The van der Waals surface area contributed by atoms with Gasteiger partial charge in [-0.05, 0) is 65.4 Å². The molecule has 4 heterocycles. The zero-order chi connectivity index (χ0) is 29.1. The van der Waals surface area contributed by atoms with E-state index in [9.17, 15) is 9.18 Å².